The topological polar surface area (TPSA) is 110 Å². The summed E-state index contributed by atoms with van der Waals surface area (Å²) in [6.45, 7) is 1.79. The number of rotatable bonds is 6. The normalized spacial score (nSPS) is 12.7. The lowest BCUT2D eigenvalue weighted by Gasteiger charge is -2.29. The van der Waals surface area contributed by atoms with Crippen LogP contribution in [0.1, 0.15) is 39.8 Å². The Kier molecular flexibility index (Phi) is 5.70. The fraction of sp³-hybridized carbons (Fsp3) is 0.174. The molecule has 1 atom stereocenters. The van der Waals surface area contributed by atoms with E-state index in [4.69, 9.17) is 5.26 Å². The number of amides is 1. The largest absolute Gasteiger partial charge is 0.364 e. The van der Waals surface area contributed by atoms with Gasteiger partial charge in [0.05, 0.1) is 23.1 Å². The Morgan fingerprint density at radius 3 is 2.67 bits per heavy atom. The van der Waals surface area contributed by atoms with E-state index in [1.54, 1.807) is 43.2 Å². The maximum atomic E-state index is 15.4. The van der Waals surface area contributed by atoms with Gasteiger partial charge in [-0.05, 0) is 37.6 Å². The average Bonchev–Trinajstić information content (AvgIpc) is 3.51. The SMILES string of the molecule is Cn1cc(C(C)(Cc2c(F)ccc(NC(=O)c3ccon3)c2F)c2ccc(C#N)cn2)cn1. The van der Waals surface area contributed by atoms with Gasteiger partial charge in [-0.1, -0.05) is 5.16 Å². The summed E-state index contributed by atoms with van der Waals surface area (Å²) in [5, 5.41) is 19.2. The van der Waals surface area contributed by atoms with Crippen LogP contribution in [0.3, 0.4) is 0 Å². The fourth-order valence-corrected chi connectivity index (χ4v) is 3.56. The molecular formula is C23H18F2N6O2. The predicted octanol–water partition coefficient (Wildman–Crippen LogP) is 3.75. The van der Waals surface area contributed by atoms with Crippen molar-refractivity contribution in [3.8, 4) is 6.07 Å². The molecule has 10 heteroatoms. The molecule has 0 aliphatic rings. The van der Waals surface area contributed by atoms with Gasteiger partial charge in [-0.15, -0.1) is 0 Å². The summed E-state index contributed by atoms with van der Waals surface area (Å²) < 4.78 is 36.5. The van der Waals surface area contributed by atoms with E-state index >= 15 is 4.39 Å². The molecule has 1 aromatic carbocycles. The number of nitrogens with zero attached hydrogens (tertiary/aromatic N) is 5. The van der Waals surface area contributed by atoms with Crippen molar-refractivity contribution in [2.24, 2.45) is 7.05 Å². The Morgan fingerprint density at radius 1 is 1.24 bits per heavy atom. The third kappa shape index (κ3) is 4.21. The molecule has 166 valence electrons. The maximum absolute atomic E-state index is 15.4. The first kappa shape index (κ1) is 21.8. The van der Waals surface area contributed by atoms with Gasteiger partial charge >= 0.3 is 0 Å². The third-order valence-electron chi connectivity index (χ3n) is 5.43. The Bertz CT molecular complexity index is 1340. The molecule has 0 spiro atoms. The summed E-state index contributed by atoms with van der Waals surface area (Å²) >= 11 is 0. The molecular weight excluding hydrogens is 430 g/mol. The number of nitrogens with one attached hydrogen (secondary N) is 1. The van der Waals surface area contributed by atoms with Crippen LogP contribution in [0.2, 0.25) is 0 Å². The van der Waals surface area contributed by atoms with E-state index in [-0.39, 0.29) is 23.4 Å². The standard InChI is InChI=1S/C23H18F2N6O2/c1-23(15-12-28-31(2)13-15,20-6-3-14(10-26)11-27-20)9-16-17(24)4-5-18(21(16)25)29-22(32)19-7-8-33-30-19/h3-8,11-13H,9H2,1-2H3,(H,29,32). The third-order valence-corrected chi connectivity index (χ3v) is 5.43. The van der Waals surface area contributed by atoms with Crippen LogP contribution < -0.4 is 5.32 Å². The zero-order valence-electron chi connectivity index (χ0n) is 17.7. The van der Waals surface area contributed by atoms with Gasteiger partial charge in [0, 0.05) is 42.0 Å². The number of pyridine rings is 1. The van der Waals surface area contributed by atoms with Gasteiger partial charge in [-0.25, -0.2) is 8.78 Å². The van der Waals surface area contributed by atoms with Gasteiger partial charge in [0.2, 0.25) is 0 Å². The summed E-state index contributed by atoms with van der Waals surface area (Å²) in [6.07, 6.45) is 5.84. The number of carbonyl (C=O) groups excluding carboxylic acids is 1. The van der Waals surface area contributed by atoms with Crippen molar-refractivity contribution in [3.63, 3.8) is 0 Å². The van der Waals surface area contributed by atoms with Gasteiger partial charge in [0.1, 0.15) is 18.1 Å². The molecule has 0 saturated carbocycles. The molecule has 33 heavy (non-hydrogen) atoms. The lowest BCUT2D eigenvalue weighted by atomic mass is 9.75. The Hall–Kier alpha value is -4.39. The number of halogens is 2. The number of anilines is 1. The quantitative estimate of drug-likeness (QED) is 0.481. The molecule has 0 radical (unpaired) electrons. The van der Waals surface area contributed by atoms with Crippen LogP contribution >= 0.6 is 0 Å². The minimum absolute atomic E-state index is 0.0396. The first-order valence-corrected chi connectivity index (χ1v) is 9.86. The second kappa shape index (κ2) is 8.63. The zero-order chi connectivity index (χ0) is 23.6. The molecule has 0 aliphatic heterocycles. The van der Waals surface area contributed by atoms with Crippen LogP contribution in [-0.4, -0.2) is 25.8 Å². The number of hydrogen-bond acceptors (Lipinski definition) is 6. The number of carbonyl (C=O) groups is 1. The van der Waals surface area contributed by atoms with Gasteiger partial charge in [0.15, 0.2) is 11.5 Å². The molecule has 4 aromatic rings. The second-order valence-corrected chi connectivity index (χ2v) is 7.68. The minimum Gasteiger partial charge on any atom is -0.364 e. The van der Waals surface area contributed by atoms with Gasteiger partial charge in [0.25, 0.3) is 5.91 Å². The molecule has 1 unspecified atom stereocenters. The molecule has 0 aliphatic carbocycles. The molecule has 4 rings (SSSR count). The summed E-state index contributed by atoms with van der Waals surface area (Å²) in [5.74, 6) is -2.37. The van der Waals surface area contributed by atoms with Crippen molar-refractivity contribution >= 4 is 11.6 Å². The lowest BCUT2D eigenvalue weighted by molar-refractivity contribution is 0.101. The summed E-state index contributed by atoms with van der Waals surface area (Å²) in [5.41, 5.74) is 0.0950. The monoisotopic (exact) mass is 448 g/mol. The molecule has 1 amide bonds. The van der Waals surface area contributed by atoms with Gasteiger partial charge in [-0.3, -0.25) is 14.5 Å². The van der Waals surface area contributed by atoms with E-state index in [2.05, 4.69) is 25.1 Å². The van der Waals surface area contributed by atoms with E-state index in [1.165, 1.54) is 18.5 Å². The second-order valence-electron chi connectivity index (χ2n) is 7.68. The van der Waals surface area contributed by atoms with Crippen LogP contribution in [0.15, 0.2) is 59.7 Å². The van der Waals surface area contributed by atoms with Crippen LogP contribution in [-0.2, 0) is 18.9 Å². The molecule has 0 fully saturated rings. The molecule has 0 bridgehead atoms. The number of aryl methyl sites for hydroxylation is 1. The van der Waals surface area contributed by atoms with Crippen LogP contribution in [0.4, 0.5) is 14.5 Å². The highest BCUT2D eigenvalue weighted by Gasteiger charge is 2.35. The zero-order valence-corrected chi connectivity index (χ0v) is 17.7. The summed E-state index contributed by atoms with van der Waals surface area (Å²) in [4.78, 5) is 16.6. The maximum Gasteiger partial charge on any atom is 0.277 e. The fourth-order valence-electron chi connectivity index (χ4n) is 3.56. The van der Waals surface area contributed by atoms with Crippen LogP contribution in [0, 0.1) is 23.0 Å². The highest BCUT2D eigenvalue weighted by molar-refractivity contribution is 6.02. The van der Waals surface area contributed by atoms with E-state index in [0.29, 0.717) is 16.8 Å². The highest BCUT2D eigenvalue weighted by Crippen LogP contribution is 2.37. The smallest absolute Gasteiger partial charge is 0.277 e. The lowest BCUT2D eigenvalue weighted by Crippen LogP contribution is -2.29. The van der Waals surface area contributed by atoms with Crippen molar-refractivity contribution < 1.29 is 18.1 Å². The molecule has 0 saturated heterocycles. The van der Waals surface area contributed by atoms with Crippen LogP contribution in [0.5, 0.6) is 0 Å². The molecule has 1 N–H and O–H groups in total. The average molecular weight is 448 g/mol. The summed E-state index contributed by atoms with van der Waals surface area (Å²) in [7, 11) is 1.73. The van der Waals surface area contributed by atoms with Crippen molar-refractivity contribution in [1.29, 1.82) is 5.26 Å². The Labute approximate surface area is 187 Å². The van der Waals surface area contributed by atoms with Crippen LogP contribution in [0.25, 0.3) is 0 Å². The van der Waals surface area contributed by atoms with E-state index in [9.17, 15) is 9.18 Å². The number of benzene rings is 1. The van der Waals surface area contributed by atoms with Gasteiger partial charge < -0.3 is 9.84 Å². The minimum atomic E-state index is -0.987. The number of nitriles is 1. The first-order chi connectivity index (χ1) is 15.8. The first-order valence-electron chi connectivity index (χ1n) is 9.86. The number of hydrogen-bond donors (Lipinski definition) is 1. The van der Waals surface area contributed by atoms with Gasteiger partial charge in [-0.2, -0.15) is 10.4 Å². The molecule has 8 nitrogen and oxygen atoms in total. The van der Waals surface area contributed by atoms with Crippen molar-refractivity contribution in [2.45, 2.75) is 18.8 Å². The van der Waals surface area contributed by atoms with E-state index < -0.39 is 23.0 Å². The van der Waals surface area contributed by atoms with Crippen molar-refractivity contribution in [1.82, 2.24) is 19.9 Å². The van der Waals surface area contributed by atoms with Crippen molar-refractivity contribution in [2.75, 3.05) is 5.32 Å². The Balaban J connectivity index is 1.76. The molecule has 3 heterocycles. The van der Waals surface area contributed by atoms with E-state index in [0.717, 1.165) is 12.1 Å². The summed E-state index contributed by atoms with van der Waals surface area (Å²) in [6, 6.07) is 8.81. The highest BCUT2D eigenvalue weighted by atomic mass is 19.1. The molecule has 3 aromatic heterocycles. The van der Waals surface area contributed by atoms with Crippen molar-refractivity contribution in [3.05, 3.63) is 94.9 Å². The van der Waals surface area contributed by atoms with E-state index in [1.807, 2.05) is 6.07 Å². The Morgan fingerprint density at radius 2 is 2.06 bits per heavy atom. The predicted molar refractivity (Wildman–Crippen MR) is 113 cm³/mol. The number of aromatic nitrogens is 4.